The summed E-state index contributed by atoms with van der Waals surface area (Å²) in [7, 11) is 3.85. The van der Waals surface area contributed by atoms with Gasteiger partial charge in [-0.1, -0.05) is 35.9 Å². The maximum absolute atomic E-state index is 6.09. The predicted octanol–water partition coefficient (Wildman–Crippen LogP) is 3.82. The lowest BCUT2D eigenvalue weighted by atomic mass is 9.99. The van der Waals surface area contributed by atoms with Gasteiger partial charge in [0.1, 0.15) is 5.75 Å². The molecule has 1 heterocycles. The summed E-state index contributed by atoms with van der Waals surface area (Å²) in [5, 5.41) is 4.43. The summed E-state index contributed by atoms with van der Waals surface area (Å²) in [6, 6.07) is 14.4. The fraction of sp³-hybridized carbons (Fsp3) is 0.429. The van der Waals surface area contributed by atoms with E-state index in [1.54, 1.807) is 7.11 Å². The summed E-state index contributed by atoms with van der Waals surface area (Å²) < 4.78 is 11.6. The maximum atomic E-state index is 6.09. The Bertz CT molecular complexity index is 720. The van der Waals surface area contributed by atoms with E-state index in [0.717, 1.165) is 36.0 Å². The topological polar surface area (TPSA) is 33.7 Å². The molecule has 1 fully saturated rings. The Balaban J connectivity index is 1.80. The summed E-state index contributed by atoms with van der Waals surface area (Å²) in [6.07, 6.45) is 0.0892. The number of aryl methyl sites for hydroxylation is 1. The normalized spacial score (nSPS) is 19.3. The van der Waals surface area contributed by atoms with E-state index in [1.807, 2.05) is 12.1 Å². The Labute approximate surface area is 161 Å². The molecule has 1 aliphatic rings. The number of morpholine rings is 1. The van der Waals surface area contributed by atoms with E-state index in [-0.39, 0.29) is 12.1 Å². The highest BCUT2D eigenvalue weighted by atomic mass is 35.5. The van der Waals surface area contributed by atoms with Crippen molar-refractivity contribution in [3.05, 3.63) is 64.2 Å². The van der Waals surface area contributed by atoms with Crippen LogP contribution in [0, 0.1) is 6.92 Å². The molecular weight excluding hydrogens is 348 g/mol. The number of rotatable bonds is 6. The third-order valence-electron chi connectivity index (χ3n) is 4.85. The monoisotopic (exact) mass is 374 g/mol. The lowest BCUT2D eigenvalue weighted by Gasteiger charge is -2.36. The predicted molar refractivity (Wildman–Crippen MR) is 106 cm³/mol. The number of nitrogens with one attached hydrogen (secondary N) is 1. The van der Waals surface area contributed by atoms with E-state index in [9.17, 15) is 0 Å². The van der Waals surface area contributed by atoms with Crippen molar-refractivity contribution in [3.8, 4) is 5.75 Å². The fourth-order valence-corrected chi connectivity index (χ4v) is 3.49. The van der Waals surface area contributed by atoms with Crippen LogP contribution in [0.25, 0.3) is 0 Å². The molecule has 0 bridgehead atoms. The van der Waals surface area contributed by atoms with Crippen molar-refractivity contribution in [1.82, 2.24) is 10.2 Å². The van der Waals surface area contributed by atoms with E-state index < -0.39 is 0 Å². The van der Waals surface area contributed by atoms with Gasteiger partial charge in [0.05, 0.1) is 25.9 Å². The number of benzene rings is 2. The van der Waals surface area contributed by atoms with Gasteiger partial charge in [0.25, 0.3) is 0 Å². The Morgan fingerprint density at radius 2 is 2.04 bits per heavy atom. The second kappa shape index (κ2) is 8.87. The molecule has 0 spiro atoms. The smallest absolute Gasteiger partial charge is 0.123 e. The van der Waals surface area contributed by atoms with Crippen molar-refractivity contribution in [3.63, 3.8) is 0 Å². The summed E-state index contributed by atoms with van der Waals surface area (Å²) in [4.78, 5) is 2.31. The Hall–Kier alpha value is -1.59. The molecule has 5 heteroatoms. The average Bonchev–Trinajstić information content (AvgIpc) is 2.64. The average molecular weight is 375 g/mol. The van der Waals surface area contributed by atoms with Gasteiger partial charge in [0.15, 0.2) is 0 Å². The van der Waals surface area contributed by atoms with E-state index in [1.165, 1.54) is 11.1 Å². The van der Waals surface area contributed by atoms with Crippen LogP contribution in [0.15, 0.2) is 42.5 Å². The molecule has 1 N–H and O–H groups in total. The SMILES string of the molecule is COc1cc(C)ccc1CN[C@@H](c1ccc(Cl)cc1)[C@H]1CN(C)CCO1. The van der Waals surface area contributed by atoms with Gasteiger partial charge in [-0.15, -0.1) is 0 Å². The first-order chi connectivity index (χ1) is 12.6. The molecule has 1 saturated heterocycles. The minimum absolute atomic E-state index is 0.0843. The maximum Gasteiger partial charge on any atom is 0.123 e. The van der Waals surface area contributed by atoms with Crippen molar-refractivity contribution in [2.45, 2.75) is 25.6 Å². The van der Waals surface area contributed by atoms with E-state index in [2.05, 4.69) is 54.5 Å². The lowest BCUT2D eigenvalue weighted by Crippen LogP contribution is -2.46. The van der Waals surface area contributed by atoms with Crippen LogP contribution < -0.4 is 10.1 Å². The van der Waals surface area contributed by atoms with Crippen molar-refractivity contribution in [2.24, 2.45) is 0 Å². The van der Waals surface area contributed by atoms with Gasteiger partial charge in [0.2, 0.25) is 0 Å². The van der Waals surface area contributed by atoms with Gasteiger partial charge in [-0.3, -0.25) is 0 Å². The van der Waals surface area contributed by atoms with Crippen LogP contribution in [0.5, 0.6) is 5.75 Å². The Morgan fingerprint density at radius 3 is 2.73 bits per heavy atom. The van der Waals surface area contributed by atoms with Crippen LogP contribution in [0.3, 0.4) is 0 Å². The molecule has 4 nitrogen and oxygen atoms in total. The first kappa shape index (κ1) is 19.2. The van der Waals surface area contributed by atoms with Crippen LogP contribution in [-0.2, 0) is 11.3 Å². The molecule has 0 aromatic heterocycles. The number of ether oxygens (including phenoxy) is 2. The van der Waals surface area contributed by atoms with Crippen LogP contribution >= 0.6 is 11.6 Å². The summed E-state index contributed by atoms with van der Waals surface area (Å²) in [6.45, 7) is 5.39. The number of hydrogen-bond donors (Lipinski definition) is 1. The molecule has 0 amide bonds. The highest BCUT2D eigenvalue weighted by molar-refractivity contribution is 6.30. The summed E-state index contributed by atoms with van der Waals surface area (Å²) >= 11 is 6.08. The summed E-state index contributed by atoms with van der Waals surface area (Å²) in [5.41, 5.74) is 3.51. The van der Waals surface area contributed by atoms with Gasteiger partial charge in [-0.25, -0.2) is 0 Å². The zero-order valence-corrected chi connectivity index (χ0v) is 16.4. The van der Waals surface area contributed by atoms with Gasteiger partial charge < -0.3 is 19.7 Å². The second-order valence-electron chi connectivity index (χ2n) is 6.90. The largest absolute Gasteiger partial charge is 0.496 e. The van der Waals surface area contributed by atoms with E-state index >= 15 is 0 Å². The van der Waals surface area contributed by atoms with Crippen molar-refractivity contribution in [1.29, 1.82) is 0 Å². The van der Waals surface area contributed by atoms with Crippen LogP contribution in [0.4, 0.5) is 0 Å². The number of likely N-dealkylation sites (N-methyl/N-ethyl adjacent to an activating group) is 1. The Kier molecular flexibility index (Phi) is 6.54. The molecule has 0 aliphatic carbocycles. The number of hydrogen-bond acceptors (Lipinski definition) is 4. The molecule has 2 aromatic rings. The quantitative estimate of drug-likeness (QED) is 0.833. The minimum Gasteiger partial charge on any atom is -0.496 e. The first-order valence-electron chi connectivity index (χ1n) is 8.99. The van der Waals surface area contributed by atoms with Gasteiger partial charge in [0, 0.05) is 30.2 Å². The number of methoxy groups -OCH3 is 1. The van der Waals surface area contributed by atoms with Crippen molar-refractivity contribution in [2.75, 3.05) is 33.9 Å². The minimum atomic E-state index is 0.0843. The highest BCUT2D eigenvalue weighted by Gasteiger charge is 2.28. The zero-order valence-electron chi connectivity index (χ0n) is 15.7. The summed E-state index contributed by atoms with van der Waals surface area (Å²) in [5.74, 6) is 0.911. The van der Waals surface area contributed by atoms with Gasteiger partial charge >= 0.3 is 0 Å². The van der Waals surface area contributed by atoms with Gasteiger partial charge in [-0.05, 0) is 43.3 Å². The second-order valence-corrected chi connectivity index (χ2v) is 7.33. The first-order valence-corrected chi connectivity index (χ1v) is 9.37. The molecule has 140 valence electrons. The third-order valence-corrected chi connectivity index (χ3v) is 5.10. The van der Waals surface area contributed by atoms with Gasteiger partial charge in [-0.2, -0.15) is 0 Å². The zero-order chi connectivity index (χ0) is 18.5. The molecule has 2 atom stereocenters. The fourth-order valence-electron chi connectivity index (χ4n) is 3.36. The standard InChI is InChI=1S/C21H27ClN2O2/c1-15-4-5-17(19(12-15)25-3)13-23-21(16-6-8-18(22)9-7-16)20-14-24(2)10-11-26-20/h4-9,12,20-21,23H,10-11,13-14H2,1-3H3/t20-,21+/m1/s1. The van der Waals surface area contributed by atoms with Crippen LogP contribution in [0.1, 0.15) is 22.7 Å². The molecule has 0 saturated carbocycles. The molecule has 2 aromatic carbocycles. The third kappa shape index (κ3) is 4.77. The number of nitrogens with zero attached hydrogens (tertiary/aromatic N) is 1. The van der Waals surface area contributed by atoms with Crippen LogP contribution in [-0.4, -0.2) is 44.9 Å². The van der Waals surface area contributed by atoms with Crippen molar-refractivity contribution >= 4 is 11.6 Å². The number of halogens is 1. The molecular formula is C21H27ClN2O2. The van der Waals surface area contributed by atoms with Crippen molar-refractivity contribution < 1.29 is 9.47 Å². The highest BCUT2D eigenvalue weighted by Crippen LogP contribution is 2.26. The molecule has 26 heavy (non-hydrogen) atoms. The lowest BCUT2D eigenvalue weighted by molar-refractivity contribution is -0.0396. The molecule has 0 unspecified atom stereocenters. The molecule has 3 rings (SSSR count). The Morgan fingerprint density at radius 1 is 1.27 bits per heavy atom. The molecule has 0 radical (unpaired) electrons. The van der Waals surface area contributed by atoms with E-state index in [0.29, 0.717) is 6.54 Å². The molecule has 1 aliphatic heterocycles. The van der Waals surface area contributed by atoms with Crippen LogP contribution in [0.2, 0.25) is 5.02 Å². The van der Waals surface area contributed by atoms with E-state index in [4.69, 9.17) is 21.1 Å².